The molecule has 1 N–H and O–H groups in total. The van der Waals surface area contributed by atoms with Crippen molar-refractivity contribution < 1.29 is 0 Å². The van der Waals surface area contributed by atoms with Gasteiger partial charge < -0.3 is 0 Å². The van der Waals surface area contributed by atoms with Gasteiger partial charge in [0.25, 0.3) is 0 Å². The van der Waals surface area contributed by atoms with Crippen LogP contribution in [0.3, 0.4) is 0 Å². The molecule has 3 rings (SSSR count). The van der Waals surface area contributed by atoms with Gasteiger partial charge in [-0.25, -0.2) is 4.98 Å². The van der Waals surface area contributed by atoms with Gasteiger partial charge in [0.05, 0.1) is 5.69 Å². The number of hydrogen-bond donors (Lipinski definition) is 1. The Morgan fingerprint density at radius 1 is 1.29 bits per heavy atom. The lowest BCUT2D eigenvalue weighted by Gasteiger charge is -2.11. The Balaban J connectivity index is 1.61. The third-order valence-electron chi connectivity index (χ3n) is 3.40. The van der Waals surface area contributed by atoms with E-state index in [0.29, 0.717) is 5.92 Å². The summed E-state index contributed by atoms with van der Waals surface area (Å²) in [5.74, 6) is 0.540. The molecule has 1 heterocycles. The highest BCUT2D eigenvalue weighted by molar-refractivity contribution is 7.14. The molecule has 0 fully saturated rings. The number of nitrogens with zero attached hydrogens (tertiary/aromatic N) is 2. The molecular weight excluding hydrogens is 302 g/mol. The van der Waals surface area contributed by atoms with Gasteiger partial charge in [0, 0.05) is 22.2 Å². The molecule has 5 heteroatoms. The van der Waals surface area contributed by atoms with Crippen molar-refractivity contribution >= 4 is 34.3 Å². The Labute approximate surface area is 133 Å². The van der Waals surface area contributed by atoms with E-state index in [2.05, 4.69) is 27.7 Å². The summed E-state index contributed by atoms with van der Waals surface area (Å²) >= 11 is 7.44. The lowest BCUT2D eigenvalue weighted by molar-refractivity contribution is 0.627. The monoisotopic (exact) mass is 317 g/mol. The molecule has 1 atom stereocenters. The summed E-state index contributed by atoms with van der Waals surface area (Å²) in [5, 5.41) is 7.87. The van der Waals surface area contributed by atoms with Crippen LogP contribution in [0.4, 0.5) is 5.13 Å². The number of thiazole rings is 1. The van der Waals surface area contributed by atoms with Crippen molar-refractivity contribution in [2.45, 2.75) is 19.3 Å². The van der Waals surface area contributed by atoms with E-state index in [1.807, 2.05) is 35.9 Å². The summed E-state index contributed by atoms with van der Waals surface area (Å²) in [6.45, 7) is 0. The second kappa shape index (κ2) is 6.87. The number of benzene rings is 1. The number of hydrazone groups is 1. The first-order valence-corrected chi connectivity index (χ1v) is 8.23. The SMILES string of the molecule is Clc1ccc(-c2csc(N/N=C/C3CC=CCC3)n2)cc1. The molecule has 21 heavy (non-hydrogen) atoms. The maximum Gasteiger partial charge on any atom is 0.203 e. The van der Waals surface area contributed by atoms with Crippen molar-refractivity contribution in [1.29, 1.82) is 0 Å². The lowest BCUT2D eigenvalue weighted by atomic mass is 9.96. The van der Waals surface area contributed by atoms with Crippen LogP contribution in [-0.4, -0.2) is 11.2 Å². The minimum atomic E-state index is 0.540. The molecule has 1 aromatic carbocycles. The normalized spacial score (nSPS) is 18.2. The van der Waals surface area contributed by atoms with Crippen LogP contribution in [0, 0.1) is 5.92 Å². The Morgan fingerprint density at radius 2 is 2.14 bits per heavy atom. The molecule has 0 amide bonds. The van der Waals surface area contributed by atoms with Gasteiger partial charge in [-0.05, 0) is 37.3 Å². The van der Waals surface area contributed by atoms with Gasteiger partial charge >= 0.3 is 0 Å². The summed E-state index contributed by atoms with van der Waals surface area (Å²) in [6, 6.07) is 7.69. The zero-order chi connectivity index (χ0) is 14.5. The van der Waals surface area contributed by atoms with E-state index in [1.54, 1.807) is 11.3 Å². The average Bonchev–Trinajstić information content (AvgIpc) is 2.98. The predicted octanol–water partition coefficient (Wildman–Crippen LogP) is 5.22. The molecule has 2 aromatic rings. The quantitative estimate of drug-likeness (QED) is 0.477. The molecule has 0 aliphatic heterocycles. The standard InChI is InChI=1S/C16H16ClN3S/c17-14-8-6-13(7-9-14)15-11-21-16(19-15)20-18-10-12-4-2-1-3-5-12/h1-2,6-12H,3-5H2,(H,19,20)/b18-10+. The third kappa shape index (κ3) is 3.93. The molecule has 0 radical (unpaired) electrons. The van der Waals surface area contributed by atoms with Gasteiger partial charge in [-0.1, -0.05) is 35.9 Å². The molecule has 108 valence electrons. The van der Waals surface area contributed by atoms with Crippen LogP contribution >= 0.6 is 22.9 Å². The Kier molecular flexibility index (Phi) is 4.68. The van der Waals surface area contributed by atoms with Crippen molar-refractivity contribution in [2.75, 3.05) is 5.43 Å². The van der Waals surface area contributed by atoms with E-state index in [9.17, 15) is 0 Å². The maximum absolute atomic E-state index is 5.89. The Morgan fingerprint density at radius 3 is 2.90 bits per heavy atom. The van der Waals surface area contributed by atoms with Crippen molar-refractivity contribution in [3.05, 3.63) is 46.8 Å². The van der Waals surface area contributed by atoms with Crippen molar-refractivity contribution in [3.63, 3.8) is 0 Å². The van der Waals surface area contributed by atoms with E-state index in [0.717, 1.165) is 34.3 Å². The second-order valence-electron chi connectivity index (χ2n) is 4.98. The van der Waals surface area contributed by atoms with Crippen LogP contribution in [-0.2, 0) is 0 Å². The fraction of sp³-hybridized carbons (Fsp3) is 0.250. The first-order chi connectivity index (χ1) is 10.3. The first kappa shape index (κ1) is 14.3. The van der Waals surface area contributed by atoms with Crippen LogP contribution in [0.1, 0.15) is 19.3 Å². The highest BCUT2D eigenvalue weighted by Crippen LogP contribution is 2.26. The van der Waals surface area contributed by atoms with Gasteiger partial charge in [0.1, 0.15) is 0 Å². The van der Waals surface area contributed by atoms with Gasteiger partial charge in [-0.2, -0.15) is 5.10 Å². The Hall–Kier alpha value is -1.65. The minimum Gasteiger partial charge on any atom is -0.253 e. The molecule has 0 spiro atoms. The maximum atomic E-state index is 5.89. The summed E-state index contributed by atoms with van der Waals surface area (Å²) in [4.78, 5) is 4.53. The first-order valence-electron chi connectivity index (χ1n) is 6.97. The van der Waals surface area contributed by atoms with Gasteiger partial charge in [0.2, 0.25) is 5.13 Å². The summed E-state index contributed by atoms with van der Waals surface area (Å²) < 4.78 is 0. The van der Waals surface area contributed by atoms with E-state index in [4.69, 9.17) is 11.6 Å². The minimum absolute atomic E-state index is 0.540. The number of nitrogens with one attached hydrogen (secondary N) is 1. The fourth-order valence-corrected chi connectivity index (χ4v) is 3.02. The molecule has 0 saturated carbocycles. The molecule has 0 saturated heterocycles. The highest BCUT2D eigenvalue weighted by atomic mass is 35.5. The van der Waals surface area contributed by atoms with Crippen LogP contribution in [0.15, 0.2) is 46.9 Å². The zero-order valence-corrected chi connectivity index (χ0v) is 13.1. The lowest BCUT2D eigenvalue weighted by Crippen LogP contribution is -2.04. The van der Waals surface area contributed by atoms with Crippen molar-refractivity contribution in [3.8, 4) is 11.3 Å². The number of hydrogen-bond acceptors (Lipinski definition) is 4. The van der Waals surface area contributed by atoms with Gasteiger partial charge in [0.15, 0.2) is 0 Å². The topological polar surface area (TPSA) is 37.3 Å². The third-order valence-corrected chi connectivity index (χ3v) is 4.40. The van der Waals surface area contributed by atoms with Crippen molar-refractivity contribution in [2.24, 2.45) is 11.0 Å². The molecule has 1 aliphatic rings. The number of halogens is 1. The molecule has 0 bridgehead atoms. The summed E-state index contributed by atoms with van der Waals surface area (Å²) in [5.41, 5.74) is 5.02. The summed E-state index contributed by atoms with van der Waals surface area (Å²) in [7, 11) is 0. The van der Waals surface area contributed by atoms with E-state index >= 15 is 0 Å². The molecular formula is C16H16ClN3S. The number of allylic oxidation sites excluding steroid dienone is 2. The van der Waals surface area contributed by atoms with Crippen molar-refractivity contribution in [1.82, 2.24) is 4.98 Å². The average molecular weight is 318 g/mol. The zero-order valence-electron chi connectivity index (χ0n) is 11.5. The molecule has 3 nitrogen and oxygen atoms in total. The highest BCUT2D eigenvalue weighted by Gasteiger charge is 2.07. The van der Waals surface area contributed by atoms with Gasteiger partial charge in [-0.3, -0.25) is 5.43 Å². The van der Waals surface area contributed by atoms with Crippen LogP contribution in [0.2, 0.25) is 5.02 Å². The van der Waals surface area contributed by atoms with E-state index in [1.165, 1.54) is 6.42 Å². The summed E-state index contributed by atoms with van der Waals surface area (Å²) in [6.07, 6.45) is 9.86. The van der Waals surface area contributed by atoms with Crippen LogP contribution in [0.25, 0.3) is 11.3 Å². The smallest absolute Gasteiger partial charge is 0.203 e. The second-order valence-corrected chi connectivity index (χ2v) is 6.27. The predicted molar refractivity (Wildman–Crippen MR) is 91.2 cm³/mol. The largest absolute Gasteiger partial charge is 0.253 e. The molecule has 1 unspecified atom stereocenters. The molecule has 1 aliphatic carbocycles. The van der Waals surface area contributed by atoms with Gasteiger partial charge in [-0.15, -0.1) is 11.3 Å². The van der Waals surface area contributed by atoms with Crippen LogP contribution in [0.5, 0.6) is 0 Å². The van der Waals surface area contributed by atoms with Crippen LogP contribution < -0.4 is 5.43 Å². The van der Waals surface area contributed by atoms with E-state index in [-0.39, 0.29) is 0 Å². The van der Waals surface area contributed by atoms with E-state index < -0.39 is 0 Å². The number of rotatable bonds is 4. The number of aromatic nitrogens is 1. The Bertz CT molecular complexity index is 646. The molecule has 1 aromatic heterocycles. The number of anilines is 1. The fourth-order valence-electron chi connectivity index (χ4n) is 2.23.